The van der Waals surface area contributed by atoms with Crippen molar-refractivity contribution in [3.63, 3.8) is 0 Å². The Balaban J connectivity index is 2.83. The fourth-order valence-electron chi connectivity index (χ4n) is 0.696. The van der Waals surface area contributed by atoms with Gasteiger partial charge in [-0.15, -0.1) is 11.6 Å². The van der Waals surface area contributed by atoms with Crippen LogP contribution in [0.15, 0.2) is 12.4 Å². The Kier molecular flexibility index (Phi) is 3.45. The SMILES string of the molecule is CN(C(=O)CCl)c1cnc(Cl)cn1. The minimum Gasteiger partial charge on any atom is -0.298 e. The van der Waals surface area contributed by atoms with Gasteiger partial charge in [0.2, 0.25) is 5.91 Å². The topological polar surface area (TPSA) is 46.1 Å². The van der Waals surface area contributed by atoms with Crippen LogP contribution in [0.4, 0.5) is 5.82 Å². The summed E-state index contributed by atoms with van der Waals surface area (Å²) in [6.45, 7) is 0. The standard InChI is InChI=1S/C7H7Cl2N3O/c1-12(7(13)2-8)6-4-10-5(9)3-11-6/h3-4H,2H2,1H3. The van der Waals surface area contributed by atoms with Crippen molar-refractivity contribution in [2.24, 2.45) is 0 Å². The van der Waals surface area contributed by atoms with E-state index in [9.17, 15) is 4.79 Å². The summed E-state index contributed by atoms with van der Waals surface area (Å²) < 4.78 is 0. The largest absolute Gasteiger partial charge is 0.298 e. The van der Waals surface area contributed by atoms with E-state index in [1.807, 2.05) is 0 Å². The zero-order valence-electron chi connectivity index (χ0n) is 6.87. The second-order valence-electron chi connectivity index (χ2n) is 2.28. The fourth-order valence-corrected chi connectivity index (χ4v) is 0.973. The van der Waals surface area contributed by atoms with Gasteiger partial charge in [-0.05, 0) is 0 Å². The molecule has 0 fully saturated rings. The Hall–Kier alpha value is -0.870. The maximum absolute atomic E-state index is 11.1. The fraction of sp³-hybridized carbons (Fsp3) is 0.286. The first-order chi connectivity index (χ1) is 6.15. The van der Waals surface area contributed by atoms with E-state index in [0.29, 0.717) is 5.82 Å². The minimum absolute atomic E-state index is 0.0825. The van der Waals surface area contributed by atoms with Crippen molar-refractivity contribution in [3.8, 4) is 0 Å². The molecule has 0 saturated heterocycles. The molecule has 0 radical (unpaired) electrons. The van der Waals surface area contributed by atoms with Gasteiger partial charge in [0.1, 0.15) is 11.0 Å². The zero-order valence-corrected chi connectivity index (χ0v) is 8.38. The lowest BCUT2D eigenvalue weighted by Gasteiger charge is -2.13. The molecule has 13 heavy (non-hydrogen) atoms. The molecular formula is C7H7Cl2N3O. The third kappa shape index (κ3) is 2.54. The summed E-state index contributed by atoms with van der Waals surface area (Å²) in [5, 5.41) is 0.287. The zero-order chi connectivity index (χ0) is 9.84. The van der Waals surface area contributed by atoms with Gasteiger partial charge < -0.3 is 0 Å². The highest BCUT2D eigenvalue weighted by atomic mass is 35.5. The summed E-state index contributed by atoms with van der Waals surface area (Å²) in [5.74, 6) is 0.106. The lowest BCUT2D eigenvalue weighted by atomic mass is 10.5. The summed E-state index contributed by atoms with van der Waals surface area (Å²) in [6.07, 6.45) is 2.78. The molecule has 1 aromatic heterocycles. The summed E-state index contributed by atoms with van der Waals surface area (Å²) in [4.78, 5) is 20.1. The molecule has 0 aliphatic carbocycles. The lowest BCUT2D eigenvalue weighted by molar-refractivity contribution is -0.116. The molecule has 6 heteroatoms. The van der Waals surface area contributed by atoms with Crippen LogP contribution in [0.1, 0.15) is 0 Å². The van der Waals surface area contributed by atoms with Crippen LogP contribution < -0.4 is 4.90 Å². The molecule has 1 amide bonds. The first-order valence-corrected chi connectivity index (χ1v) is 4.36. The van der Waals surface area contributed by atoms with Crippen LogP contribution in [0.2, 0.25) is 5.15 Å². The maximum atomic E-state index is 11.1. The van der Waals surface area contributed by atoms with Gasteiger partial charge in [-0.2, -0.15) is 0 Å². The van der Waals surface area contributed by atoms with Crippen LogP contribution in [0.25, 0.3) is 0 Å². The molecule has 0 aromatic carbocycles. The molecule has 0 aliphatic rings. The number of amides is 1. The van der Waals surface area contributed by atoms with Crippen LogP contribution in [-0.4, -0.2) is 28.8 Å². The van der Waals surface area contributed by atoms with Crippen molar-refractivity contribution in [1.82, 2.24) is 9.97 Å². The summed E-state index contributed by atoms with van der Waals surface area (Å²) >= 11 is 10.9. The molecule has 70 valence electrons. The van der Waals surface area contributed by atoms with Crippen LogP contribution in [0, 0.1) is 0 Å². The highest BCUT2D eigenvalue weighted by Crippen LogP contribution is 2.09. The molecule has 4 nitrogen and oxygen atoms in total. The minimum atomic E-state index is -0.238. The highest BCUT2D eigenvalue weighted by molar-refractivity contribution is 6.29. The average molecular weight is 220 g/mol. The van der Waals surface area contributed by atoms with Crippen molar-refractivity contribution in [2.45, 2.75) is 0 Å². The van der Waals surface area contributed by atoms with E-state index in [4.69, 9.17) is 23.2 Å². The number of hydrogen-bond donors (Lipinski definition) is 0. The third-order valence-electron chi connectivity index (χ3n) is 1.44. The molecule has 1 aromatic rings. The van der Waals surface area contributed by atoms with E-state index in [-0.39, 0.29) is 16.9 Å². The van der Waals surface area contributed by atoms with Gasteiger partial charge in [-0.1, -0.05) is 11.6 Å². The molecule has 0 N–H and O–H groups in total. The van der Waals surface area contributed by atoms with Gasteiger partial charge in [0.15, 0.2) is 5.82 Å². The van der Waals surface area contributed by atoms with E-state index in [1.54, 1.807) is 7.05 Å². The van der Waals surface area contributed by atoms with Gasteiger partial charge in [0.25, 0.3) is 0 Å². The average Bonchev–Trinajstić information content (AvgIpc) is 2.17. The number of halogens is 2. The second kappa shape index (κ2) is 4.39. The monoisotopic (exact) mass is 219 g/mol. The van der Waals surface area contributed by atoms with Crippen molar-refractivity contribution >= 4 is 34.9 Å². The number of rotatable bonds is 2. The molecule has 1 heterocycles. The molecule has 0 unspecified atom stereocenters. The van der Waals surface area contributed by atoms with Gasteiger partial charge in [0, 0.05) is 7.05 Å². The molecule has 1 rings (SSSR count). The van der Waals surface area contributed by atoms with Crippen LogP contribution in [0.3, 0.4) is 0 Å². The van der Waals surface area contributed by atoms with E-state index >= 15 is 0 Å². The normalized spacial score (nSPS) is 9.77. The van der Waals surface area contributed by atoms with Crippen molar-refractivity contribution < 1.29 is 4.79 Å². The molecular weight excluding hydrogens is 213 g/mol. The Labute approximate surface area is 85.5 Å². The second-order valence-corrected chi connectivity index (χ2v) is 2.94. The lowest BCUT2D eigenvalue weighted by Crippen LogP contribution is -2.28. The van der Waals surface area contributed by atoms with Crippen molar-refractivity contribution in [3.05, 3.63) is 17.5 Å². The predicted octanol–water partition coefficient (Wildman–Crippen LogP) is 1.33. The van der Waals surface area contributed by atoms with E-state index < -0.39 is 0 Å². The predicted molar refractivity (Wildman–Crippen MR) is 51.2 cm³/mol. The molecule has 0 saturated carbocycles. The molecule has 0 bridgehead atoms. The van der Waals surface area contributed by atoms with Gasteiger partial charge in [-0.25, -0.2) is 9.97 Å². The first-order valence-electron chi connectivity index (χ1n) is 3.45. The Bertz CT molecular complexity index is 301. The number of aromatic nitrogens is 2. The van der Waals surface area contributed by atoms with Crippen LogP contribution in [-0.2, 0) is 4.79 Å². The number of carbonyl (C=O) groups excluding carboxylic acids is 1. The van der Waals surface area contributed by atoms with Gasteiger partial charge in [0.05, 0.1) is 12.4 Å². The third-order valence-corrected chi connectivity index (χ3v) is 1.86. The van der Waals surface area contributed by atoms with E-state index in [0.717, 1.165) is 0 Å². The number of alkyl halides is 1. The summed E-state index contributed by atoms with van der Waals surface area (Å²) in [7, 11) is 1.57. The highest BCUT2D eigenvalue weighted by Gasteiger charge is 2.10. The first kappa shape index (κ1) is 10.2. The van der Waals surface area contributed by atoms with E-state index in [1.165, 1.54) is 17.3 Å². The van der Waals surface area contributed by atoms with E-state index in [2.05, 4.69) is 9.97 Å². The van der Waals surface area contributed by atoms with Crippen molar-refractivity contribution in [2.75, 3.05) is 17.8 Å². The summed E-state index contributed by atoms with van der Waals surface area (Å²) in [6, 6.07) is 0. The van der Waals surface area contributed by atoms with Gasteiger partial charge >= 0.3 is 0 Å². The number of carbonyl (C=O) groups is 1. The van der Waals surface area contributed by atoms with Crippen LogP contribution >= 0.6 is 23.2 Å². The molecule has 0 spiro atoms. The van der Waals surface area contributed by atoms with Crippen LogP contribution in [0.5, 0.6) is 0 Å². The van der Waals surface area contributed by atoms with Gasteiger partial charge in [-0.3, -0.25) is 9.69 Å². The summed E-state index contributed by atoms with van der Waals surface area (Å²) in [5.41, 5.74) is 0. The number of anilines is 1. The molecule has 0 atom stereocenters. The van der Waals surface area contributed by atoms with Crippen molar-refractivity contribution in [1.29, 1.82) is 0 Å². The Morgan fingerprint density at radius 1 is 1.54 bits per heavy atom. The quantitative estimate of drug-likeness (QED) is 0.706. The number of hydrogen-bond acceptors (Lipinski definition) is 3. The smallest absolute Gasteiger partial charge is 0.242 e. The molecule has 0 aliphatic heterocycles. The Morgan fingerprint density at radius 2 is 2.23 bits per heavy atom. The Morgan fingerprint density at radius 3 is 2.69 bits per heavy atom. The maximum Gasteiger partial charge on any atom is 0.242 e. The number of nitrogens with zero attached hydrogens (tertiary/aromatic N) is 3.